The number of aromatic amines is 1. The smallest absolute Gasteiger partial charge is 0.237 e. The number of nitrogens with zero attached hydrogens (tertiary/aromatic N) is 3. The second-order valence-corrected chi connectivity index (χ2v) is 6.98. The van der Waals surface area contributed by atoms with Gasteiger partial charge in [0.2, 0.25) is 5.91 Å². The molecule has 0 aliphatic rings. The largest absolute Gasteiger partial charge is 0.361 e. The fraction of sp³-hybridized carbons (Fsp3) is 0.158. The van der Waals surface area contributed by atoms with Gasteiger partial charge in [-0.25, -0.2) is 4.98 Å². The molecule has 0 saturated heterocycles. The molecule has 7 nitrogen and oxygen atoms in total. The van der Waals surface area contributed by atoms with Gasteiger partial charge in [0, 0.05) is 34.9 Å². The molecule has 0 aliphatic heterocycles. The lowest BCUT2D eigenvalue weighted by Gasteiger charge is -2.11. The van der Waals surface area contributed by atoms with Gasteiger partial charge in [0.1, 0.15) is 10.7 Å². The van der Waals surface area contributed by atoms with Crippen LogP contribution in [0.2, 0.25) is 0 Å². The van der Waals surface area contributed by atoms with E-state index >= 15 is 0 Å². The Morgan fingerprint density at radius 1 is 1.30 bits per heavy atom. The molecule has 0 radical (unpaired) electrons. The van der Waals surface area contributed by atoms with Crippen LogP contribution in [0.1, 0.15) is 11.3 Å². The van der Waals surface area contributed by atoms with Crippen LogP contribution in [-0.4, -0.2) is 31.9 Å². The van der Waals surface area contributed by atoms with Crippen molar-refractivity contribution in [3.63, 3.8) is 0 Å². The number of thiazole rings is 1. The van der Waals surface area contributed by atoms with Crippen molar-refractivity contribution >= 4 is 28.1 Å². The predicted molar refractivity (Wildman–Crippen MR) is 105 cm³/mol. The number of fused-ring (bicyclic) bond motifs is 1. The van der Waals surface area contributed by atoms with E-state index in [-0.39, 0.29) is 5.91 Å². The number of H-pyrrole nitrogens is 1. The van der Waals surface area contributed by atoms with Gasteiger partial charge in [-0.3, -0.25) is 14.8 Å². The zero-order valence-electron chi connectivity index (χ0n) is 14.4. The van der Waals surface area contributed by atoms with Gasteiger partial charge < -0.3 is 16.0 Å². The third kappa shape index (κ3) is 3.86. The monoisotopic (exact) mass is 378 g/mol. The van der Waals surface area contributed by atoms with Crippen molar-refractivity contribution in [2.45, 2.75) is 19.0 Å². The number of hydrogen-bond donors (Lipinski definition) is 3. The summed E-state index contributed by atoms with van der Waals surface area (Å²) in [5.74, 6) is -0.200. The Hall–Kier alpha value is -3.10. The molecule has 4 rings (SSSR count). The number of nitrogens with two attached hydrogens (primary N) is 1. The van der Waals surface area contributed by atoms with Crippen molar-refractivity contribution in [3.05, 3.63) is 65.7 Å². The summed E-state index contributed by atoms with van der Waals surface area (Å²) in [6.45, 7) is 0.331. The van der Waals surface area contributed by atoms with Gasteiger partial charge in [0.05, 0.1) is 24.5 Å². The minimum atomic E-state index is -0.623. The standard InChI is InChI=1S/C19H18N6OS/c20-15(7-12-8-23-16-4-2-1-3-14(12)16)18(26)24-9-13-11-27-19(25-13)17-10-21-5-6-22-17/h1-6,8,10-11,15,23H,7,9,20H2,(H,24,26)/t15-/m1/s1. The normalized spacial score (nSPS) is 12.2. The average Bonchev–Trinajstić information content (AvgIpc) is 3.34. The topological polar surface area (TPSA) is 110 Å². The summed E-state index contributed by atoms with van der Waals surface area (Å²) in [5, 5.41) is 6.62. The van der Waals surface area contributed by atoms with Crippen LogP contribution < -0.4 is 11.1 Å². The molecule has 4 N–H and O–H groups in total. The first-order chi connectivity index (χ1) is 13.2. The summed E-state index contributed by atoms with van der Waals surface area (Å²) in [6, 6.07) is 7.35. The van der Waals surface area contributed by atoms with Gasteiger partial charge in [-0.1, -0.05) is 18.2 Å². The second-order valence-electron chi connectivity index (χ2n) is 6.12. The Morgan fingerprint density at radius 2 is 2.19 bits per heavy atom. The molecule has 1 aromatic carbocycles. The van der Waals surface area contributed by atoms with Crippen LogP contribution >= 0.6 is 11.3 Å². The summed E-state index contributed by atoms with van der Waals surface area (Å²) in [6.07, 6.45) is 7.29. The zero-order chi connectivity index (χ0) is 18.6. The third-order valence-corrected chi connectivity index (χ3v) is 5.14. The summed E-state index contributed by atoms with van der Waals surface area (Å²) < 4.78 is 0. The highest BCUT2D eigenvalue weighted by molar-refractivity contribution is 7.13. The highest BCUT2D eigenvalue weighted by atomic mass is 32.1. The van der Waals surface area contributed by atoms with Crippen molar-refractivity contribution in [1.29, 1.82) is 0 Å². The van der Waals surface area contributed by atoms with Gasteiger partial charge in [-0.15, -0.1) is 11.3 Å². The van der Waals surface area contributed by atoms with Gasteiger partial charge in [0.25, 0.3) is 0 Å². The Balaban J connectivity index is 1.36. The molecule has 1 atom stereocenters. The molecular formula is C19H18N6OS. The van der Waals surface area contributed by atoms with Crippen LogP contribution in [0.5, 0.6) is 0 Å². The second kappa shape index (κ2) is 7.65. The van der Waals surface area contributed by atoms with Gasteiger partial charge >= 0.3 is 0 Å². The van der Waals surface area contributed by atoms with E-state index in [1.165, 1.54) is 11.3 Å². The molecule has 136 valence electrons. The van der Waals surface area contributed by atoms with Crippen LogP contribution in [0.25, 0.3) is 21.6 Å². The Bertz CT molecular complexity index is 1060. The third-order valence-electron chi connectivity index (χ3n) is 4.23. The fourth-order valence-corrected chi connectivity index (χ4v) is 3.63. The maximum absolute atomic E-state index is 12.4. The summed E-state index contributed by atoms with van der Waals surface area (Å²) in [5.41, 5.74) is 9.66. The van der Waals surface area contributed by atoms with E-state index < -0.39 is 6.04 Å². The number of amides is 1. The Labute approximate surface area is 159 Å². The Kier molecular flexibility index (Phi) is 4.91. The van der Waals surface area contributed by atoms with Crippen molar-refractivity contribution < 1.29 is 4.79 Å². The lowest BCUT2D eigenvalue weighted by Crippen LogP contribution is -2.41. The van der Waals surface area contributed by atoms with Crippen molar-refractivity contribution in [2.24, 2.45) is 5.73 Å². The molecule has 27 heavy (non-hydrogen) atoms. The van der Waals surface area contributed by atoms with E-state index in [0.717, 1.165) is 32.9 Å². The average molecular weight is 378 g/mol. The van der Waals surface area contributed by atoms with Crippen molar-refractivity contribution in [1.82, 2.24) is 25.3 Å². The zero-order valence-corrected chi connectivity index (χ0v) is 15.2. The van der Waals surface area contributed by atoms with Crippen LogP contribution in [0.15, 0.2) is 54.4 Å². The molecule has 0 saturated carbocycles. The van der Waals surface area contributed by atoms with E-state index in [9.17, 15) is 4.79 Å². The van der Waals surface area contributed by atoms with Crippen molar-refractivity contribution in [3.8, 4) is 10.7 Å². The number of carbonyl (C=O) groups is 1. The Morgan fingerprint density at radius 3 is 3.04 bits per heavy atom. The first-order valence-corrected chi connectivity index (χ1v) is 9.38. The van der Waals surface area contributed by atoms with Crippen LogP contribution in [0.4, 0.5) is 0 Å². The summed E-state index contributed by atoms with van der Waals surface area (Å²) in [7, 11) is 0. The summed E-state index contributed by atoms with van der Waals surface area (Å²) >= 11 is 1.47. The molecular weight excluding hydrogens is 360 g/mol. The SMILES string of the molecule is N[C@H](Cc1c[nH]c2ccccc12)C(=O)NCc1csc(-c2cnccn2)n1. The number of benzene rings is 1. The maximum atomic E-state index is 12.4. The fourth-order valence-electron chi connectivity index (χ4n) is 2.85. The van der Waals surface area contributed by atoms with Crippen molar-refractivity contribution in [2.75, 3.05) is 0 Å². The molecule has 4 aromatic rings. The lowest BCUT2D eigenvalue weighted by molar-refractivity contribution is -0.122. The molecule has 0 spiro atoms. The van der Waals surface area contributed by atoms with Crippen LogP contribution in [-0.2, 0) is 17.8 Å². The van der Waals surface area contributed by atoms with Crippen LogP contribution in [0.3, 0.4) is 0 Å². The molecule has 0 unspecified atom stereocenters. The number of rotatable bonds is 6. The number of carbonyl (C=O) groups excluding carboxylic acids is 1. The van der Waals surface area contributed by atoms with Gasteiger partial charge in [0.15, 0.2) is 0 Å². The molecule has 3 aromatic heterocycles. The first-order valence-electron chi connectivity index (χ1n) is 8.50. The highest BCUT2D eigenvalue weighted by Gasteiger charge is 2.16. The number of aromatic nitrogens is 4. The summed E-state index contributed by atoms with van der Waals surface area (Å²) in [4.78, 5) is 28.3. The quantitative estimate of drug-likeness (QED) is 0.477. The molecule has 0 aliphatic carbocycles. The molecule has 8 heteroatoms. The molecule has 1 amide bonds. The van der Waals surface area contributed by atoms with E-state index in [1.54, 1.807) is 18.6 Å². The maximum Gasteiger partial charge on any atom is 0.237 e. The molecule has 3 heterocycles. The lowest BCUT2D eigenvalue weighted by atomic mass is 10.1. The molecule has 0 fully saturated rings. The predicted octanol–water partition coefficient (Wildman–Crippen LogP) is 2.27. The van der Waals surface area contributed by atoms with Crippen LogP contribution in [0, 0.1) is 0 Å². The van der Waals surface area contributed by atoms with E-state index in [0.29, 0.717) is 13.0 Å². The highest BCUT2D eigenvalue weighted by Crippen LogP contribution is 2.21. The molecule has 0 bridgehead atoms. The van der Waals surface area contributed by atoms with E-state index in [2.05, 4.69) is 25.3 Å². The van der Waals surface area contributed by atoms with E-state index in [1.807, 2.05) is 35.8 Å². The first kappa shape index (κ1) is 17.3. The van der Waals surface area contributed by atoms with Gasteiger partial charge in [-0.2, -0.15) is 0 Å². The number of para-hydroxylation sites is 1. The van der Waals surface area contributed by atoms with E-state index in [4.69, 9.17) is 5.73 Å². The minimum Gasteiger partial charge on any atom is -0.361 e. The number of hydrogen-bond acceptors (Lipinski definition) is 6. The number of nitrogens with one attached hydrogen (secondary N) is 2. The van der Waals surface area contributed by atoms with Gasteiger partial charge in [-0.05, 0) is 18.1 Å². The minimum absolute atomic E-state index is 0.200.